The van der Waals surface area contributed by atoms with Gasteiger partial charge in [0.25, 0.3) is 23.6 Å². The molecule has 1 fully saturated rings. The highest BCUT2D eigenvalue weighted by atomic mass is 16.2. The zero-order valence-electron chi connectivity index (χ0n) is 11.0. The Morgan fingerprint density at radius 2 is 1.05 bits per heavy atom. The van der Waals surface area contributed by atoms with Gasteiger partial charge in [0.2, 0.25) is 0 Å². The van der Waals surface area contributed by atoms with E-state index in [4.69, 9.17) is 0 Å². The molecule has 6 nitrogen and oxygen atoms in total. The molecule has 6 heteroatoms. The molecule has 4 amide bonds. The smallest absolute Gasteiger partial charge is 0.253 e. The molecule has 3 rings (SSSR count). The zero-order chi connectivity index (χ0) is 14.4. The topological polar surface area (TPSA) is 74.8 Å². The molecule has 20 heavy (non-hydrogen) atoms. The van der Waals surface area contributed by atoms with Gasteiger partial charge in [-0.25, -0.2) is 0 Å². The van der Waals surface area contributed by atoms with Gasteiger partial charge in [-0.05, 0) is 18.8 Å². The van der Waals surface area contributed by atoms with Crippen LogP contribution in [0.5, 0.6) is 0 Å². The average Bonchev–Trinajstić information content (AvgIpc) is 3.00. The van der Waals surface area contributed by atoms with Crippen LogP contribution in [-0.4, -0.2) is 45.5 Å². The minimum absolute atomic E-state index is 0.243. The van der Waals surface area contributed by atoms with Gasteiger partial charge < -0.3 is 0 Å². The molecular weight excluding hydrogens is 260 g/mol. The summed E-state index contributed by atoms with van der Waals surface area (Å²) in [6.07, 6.45) is 6.15. The molecule has 1 aliphatic carbocycles. The van der Waals surface area contributed by atoms with Gasteiger partial charge in [-0.3, -0.25) is 29.0 Å². The van der Waals surface area contributed by atoms with Gasteiger partial charge in [-0.15, -0.1) is 0 Å². The largest absolute Gasteiger partial charge is 0.270 e. The van der Waals surface area contributed by atoms with Crippen molar-refractivity contribution in [3.8, 4) is 0 Å². The van der Waals surface area contributed by atoms with E-state index in [-0.39, 0.29) is 29.5 Å². The number of carbonyl (C=O) groups is 4. The number of imide groups is 2. The molecule has 2 aliphatic heterocycles. The number of amides is 4. The Hall–Kier alpha value is -2.24. The highest BCUT2D eigenvalue weighted by Gasteiger charge is 2.47. The Bertz CT molecular complexity index is 492. The minimum atomic E-state index is -0.423. The van der Waals surface area contributed by atoms with E-state index in [2.05, 4.69) is 0 Å². The molecule has 2 atom stereocenters. The monoisotopic (exact) mass is 274 g/mol. The summed E-state index contributed by atoms with van der Waals surface area (Å²) >= 11 is 0. The van der Waals surface area contributed by atoms with Gasteiger partial charge in [-0.1, -0.05) is 6.92 Å². The van der Waals surface area contributed by atoms with Crippen LogP contribution < -0.4 is 0 Å². The van der Waals surface area contributed by atoms with Crippen molar-refractivity contribution in [3.63, 3.8) is 0 Å². The predicted molar refractivity (Wildman–Crippen MR) is 68.0 cm³/mol. The molecular formula is C14H14N2O4. The van der Waals surface area contributed by atoms with Crippen LogP contribution >= 0.6 is 0 Å². The van der Waals surface area contributed by atoms with Crippen LogP contribution in [0.25, 0.3) is 0 Å². The molecule has 0 bridgehead atoms. The van der Waals surface area contributed by atoms with Crippen LogP contribution in [-0.2, 0) is 19.2 Å². The third-order valence-corrected chi connectivity index (χ3v) is 4.08. The molecule has 3 aliphatic rings. The lowest BCUT2D eigenvalue weighted by molar-refractivity contribution is -0.147. The second kappa shape index (κ2) is 4.40. The van der Waals surface area contributed by atoms with Gasteiger partial charge >= 0.3 is 0 Å². The quantitative estimate of drug-likeness (QED) is 0.664. The average molecular weight is 274 g/mol. The lowest BCUT2D eigenvalue weighted by Gasteiger charge is -2.32. The van der Waals surface area contributed by atoms with Crippen molar-refractivity contribution in [1.82, 2.24) is 9.80 Å². The van der Waals surface area contributed by atoms with Crippen molar-refractivity contribution in [3.05, 3.63) is 24.3 Å². The first-order valence-electron chi connectivity index (χ1n) is 6.59. The summed E-state index contributed by atoms with van der Waals surface area (Å²) < 4.78 is 0. The molecule has 0 radical (unpaired) electrons. The van der Waals surface area contributed by atoms with E-state index in [1.54, 1.807) is 0 Å². The summed E-state index contributed by atoms with van der Waals surface area (Å²) in [5.74, 6) is -1.23. The van der Waals surface area contributed by atoms with Crippen molar-refractivity contribution in [1.29, 1.82) is 0 Å². The Kier molecular flexibility index (Phi) is 2.81. The fraction of sp³-hybridized carbons (Fsp3) is 0.429. The fourth-order valence-electron chi connectivity index (χ4n) is 3.27. The van der Waals surface area contributed by atoms with E-state index >= 15 is 0 Å². The summed E-state index contributed by atoms with van der Waals surface area (Å²) in [5.41, 5.74) is 0. The van der Waals surface area contributed by atoms with Gasteiger partial charge in [0, 0.05) is 24.3 Å². The Morgan fingerprint density at radius 3 is 1.35 bits per heavy atom. The van der Waals surface area contributed by atoms with Crippen molar-refractivity contribution < 1.29 is 19.2 Å². The number of carbonyl (C=O) groups excluding carboxylic acids is 4. The minimum Gasteiger partial charge on any atom is -0.270 e. The fourth-order valence-corrected chi connectivity index (χ4v) is 3.27. The summed E-state index contributed by atoms with van der Waals surface area (Å²) in [4.78, 5) is 49.6. The molecule has 1 saturated carbocycles. The van der Waals surface area contributed by atoms with Crippen LogP contribution in [0.1, 0.15) is 19.8 Å². The first-order chi connectivity index (χ1) is 9.49. The van der Waals surface area contributed by atoms with E-state index in [9.17, 15) is 19.2 Å². The molecule has 2 heterocycles. The van der Waals surface area contributed by atoms with Gasteiger partial charge in [0.05, 0.1) is 12.1 Å². The van der Waals surface area contributed by atoms with Crippen LogP contribution in [0.15, 0.2) is 24.3 Å². The summed E-state index contributed by atoms with van der Waals surface area (Å²) in [7, 11) is 0. The first kappa shape index (κ1) is 12.8. The summed E-state index contributed by atoms with van der Waals surface area (Å²) in [6, 6.07) is -0.847. The standard InChI is InChI=1S/C14H14N2O4/c1-8-6-9(15-11(17)2-3-12(15)18)10(7-8)16-13(19)4-5-14(16)20/h2-5,8-10H,6-7H2,1H3. The molecule has 0 aromatic rings. The van der Waals surface area contributed by atoms with Crippen molar-refractivity contribution in [2.45, 2.75) is 31.8 Å². The molecule has 2 unspecified atom stereocenters. The van der Waals surface area contributed by atoms with Crippen LogP contribution in [0.2, 0.25) is 0 Å². The second-order valence-corrected chi connectivity index (χ2v) is 5.47. The first-order valence-corrected chi connectivity index (χ1v) is 6.59. The van der Waals surface area contributed by atoms with E-state index in [1.807, 2.05) is 6.92 Å². The maximum absolute atomic E-state index is 11.8. The van der Waals surface area contributed by atoms with E-state index in [0.717, 1.165) is 0 Å². The van der Waals surface area contributed by atoms with Crippen LogP contribution in [0.3, 0.4) is 0 Å². The lowest BCUT2D eigenvalue weighted by Crippen LogP contribution is -2.52. The highest BCUT2D eigenvalue weighted by molar-refractivity contribution is 6.14. The molecule has 0 aromatic heterocycles. The molecule has 0 aromatic carbocycles. The lowest BCUT2D eigenvalue weighted by atomic mass is 10.1. The van der Waals surface area contributed by atoms with Crippen LogP contribution in [0.4, 0.5) is 0 Å². The number of rotatable bonds is 2. The maximum Gasteiger partial charge on any atom is 0.253 e. The number of hydrogen-bond donors (Lipinski definition) is 0. The SMILES string of the molecule is CC1CC(N2C(=O)C=CC2=O)C(N2C(=O)C=CC2=O)C1. The normalized spacial score (nSPS) is 33.1. The molecule has 104 valence electrons. The van der Waals surface area contributed by atoms with Crippen LogP contribution in [0, 0.1) is 5.92 Å². The Labute approximate surface area is 115 Å². The second-order valence-electron chi connectivity index (χ2n) is 5.47. The highest BCUT2D eigenvalue weighted by Crippen LogP contribution is 2.35. The Balaban J connectivity index is 1.90. The summed E-state index contributed by atoms with van der Waals surface area (Å²) in [6.45, 7) is 1.99. The van der Waals surface area contributed by atoms with E-state index in [0.29, 0.717) is 12.8 Å². The molecule has 0 spiro atoms. The predicted octanol–water partition coefficient (Wildman–Crippen LogP) is 0.00350. The molecule has 0 saturated heterocycles. The Morgan fingerprint density at radius 1 is 0.750 bits per heavy atom. The summed E-state index contributed by atoms with van der Waals surface area (Å²) in [5, 5.41) is 0. The maximum atomic E-state index is 11.8. The van der Waals surface area contributed by atoms with Gasteiger partial charge in [0.15, 0.2) is 0 Å². The van der Waals surface area contributed by atoms with Crippen molar-refractivity contribution in [2.75, 3.05) is 0 Å². The third kappa shape index (κ3) is 1.79. The third-order valence-electron chi connectivity index (χ3n) is 4.08. The number of hydrogen-bond acceptors (Lipinski definition) is 4. The van der Waals surface area contributed by atoms with E-state index in [1.165, 1.54) is 34.1 Å². The van der Waals surface area contributed by atoms with Gasteiger partial charge in [0.1, 0.15) is 0 Å². The van der Waals surface area contributed by atoms with Gasteiger partial charge in [-0.2, -0.15) is 0 Å². The zero-order valence-corrected chi connectivity index (χ0v) is 11.0. The van der Waals surface area contributed by atoms with E-state index < -0.39 is 12.1 Å². The molecule has 0 N–H and O–H groups in total. The number of nitrogens with zero attached hydrogens (tertiary/aromatic N) is 2. The van der Waals surface area contributed by atoms with Crippen molar-refractivity contribution in [2.24, 2.45) is 5.92 Å². The van der Waals surface area contributed by atoms with Crippen molar-refractivity contribution >= 4 is 23.6 Å².